The normalized spacial score (nSPS) is 14.6. The van der Waals surface area contributed by atoms with Gasteiger partial charge >= 0.3 is 0 Å². The van der Waals surface area contributed by atoms with E-state index in [9.17, 15) is 24.0 Å². The van der Waals surface area contributed by atoms with Crippen molar-refractivity contribution < 1.29 is 19.8 Å². The summed E-state index contributed by atoms with van der Waals surface area (Å²) < 4.78 is 0. The monoisotopic (exact) mass is 240 g/mol. The summed E-state index contributed by atoms with van der Waals surface area (Å²) in [5.41, 5.74) is -4.08. The van der Waals surface area contributed by atoms with Crippen LogP contribution < -0.4 is 16.3 Å². The van der Waals surface area contributed by atoms with Crippen LogP contribution in [0, 0.1) is 0 Å². The Balaban J connectivity index is 0.000000181. The summed E-state index contributed by atoms with van der Waals surface area (Å²) in [6.45, 7) is 0. The first-order valence-corrected chi connectivity index (χ1v) is 4.63. The van der Waals surface area contributed by atoms with Crippen LogP contribution >= 0.6 is 0 Å². The van der Waals surface area contributed by atoms with Gasteiger partial charge in [-0.15, -0.1) is 0 Å². The Hall–Kier alpha value is -2.31. The smallest absolute Gasteiger partial charge is 0.280 e. The van der Waals surface area contributed by atoms with Gasteiger partial charge in [-0.05, 0) is 0 Å². The van der Waals surface area contributed by atoms with Crippen molar-refractivity contribution in [2.24, 2.45) is 0 Å². The minimum Gasteiger partial charge on any atom is -0.501 e. The fourth-order valence-corrected chi connectivity index (χ4v) is 1.21. The molecule has 0 saturated heterocycles. The third-order valence-electron chi connectivity index (χ3n) is 2.14. The molecule has 2 rings (SSSR count). The van der Waals surface area contributed by atoms with Gasteiger partial charge in [0.15, 0.2) is 0 Å². The molecule has 0 heterocycles. The average Bonchev–Trinajstić information content (AvgIpc) is 2.74. The van der Waals surface area contributed by atoms with E-state index in [1.165, 1.54) is 0 Å². The standard InChI is InChI=1S/C5H2O5.C5H6O2/c6-1-2(7)4(9)5(10)3(1)8;6-4-1-2-5(7)3-4/h6-7H;1-3H2. The van der Waals surface area contributed by atoms with Crippen molar-refractivity contribution in [1.29, 1.82) is 0 Å². The van der Waals surface area contributed by atoms with Crippen molar-refractivity contribution >= 4 is 11.6 Å². The van der Waals surface area contributed by atoms with Crippen molar-refractivity contribution in [3.8, 4) is 11.5 Å². The first-order chi connectivity index (χ1) is 7.84. The van der Waals surface area contributed by atoms with E-state index in [1.807, 2.05) is 0 Å². The first-order valence-electron chi connectivity index (χ1n) is 4.63. The van der Waals surface area contributed by atoms with E-state index in [0.717, 1.165) is 0 Å². The Bertz CT molecular complexity index is 553. The van der Waals surface area contributed by atoms with Crippen LogP contribution in [0.25, 0.3) is 0 Å². The number of carbonyl (C=O) groups is 2. The lowest BCUT2D eigenvalue weighted by molar-refractivity contribution is -0.121. The maximum absolute atomic E-state index is 10.3. The quantitative estimate of drug-likeness (QED) is 0.411. The zero-order valence-corrected chi connectivity index (χ0v) is 8.56. The number of carbonyl (C=O) groups excluding carboxylic acids is 2. The molecular weight excluding hydrogens is 232 g/mol. The first kappa shape index (κ1) is 12.8. The molecule has 0 aromatic heterocycles. The van der Waals surface area contributed by atoms with Crippen LogP contribution in [-0.4, -0.2) is 21.8 Å². The molecule has 1 aromatic rings. The molecule has 7 heteroatoms. The second kappa shape index (κ2) is 4.69. The van der Waals surface area contributed by atoms with E-state index in [-0.39, 0.29) is 18.0 Å². The average molecular weight is 240 g/mol. The number of rotatable bonds is 0. The maximum atomic E-state index is 10.3. The third-order valence-corrected chi connectivity index (χ3v) is 2.14. The molecule has 90 valence electrons. The highest BCUT2D eigenvalue weighted by atomic mass is 16.3. The van der Waals surface area contributed by atoms with Gasteiger partial charge < -0.3 is 10.2 Å². The molecule has 0 spiro atoms. The van der Waals surface area contributed by atoms with Crippen LogP contribution in [0.5, 0.6) is 11.5 Å². The van der Waals surface area contributed by atoms with Gasteiger partial charge in [0.05, 0.1) is 6.42 Å². The van der Waals surface area contributed by atoms with Crippen molar-refractivity contribution in [1.82, 2.24) is 0 Å². The summed E-state index contributed by atoms with van der Waals surface area (Å²) in [5, 5.41) is 16.9. The van der Waals surface area contributed by atoms with E-state index in [0.29, 0.717) is 12.8 Å². The molecular formula is C10H8O7. The highest BCUT2D eigenvalue weighted by Crippen LogP contribution is 2.10. The zero-order chi connectivity index (χ0) is 13.2. The van der Waals surface area contributed by atoms with Gasteiger partial charge in [-0.2, -0.15) is 0 Å². The summed E-state index contributed by atoms with van der Waals surface area (Å²) in [4.78, 5) is 51.3. The Kier molecular flexibility index (Phi) is 3.52. The Labute approximate surface area is 93.6 Å². The van der Waals surface area contributed by atoms with Crippen LogP contribution in [0.3, 0.4) is 0 Å². The van der Waals surface area contributed by atoms with Gasteiger partial charge in [-0.1, -0.05) is 0 Å². The molecule has 0 atom stereocenters. The van der Waals surface area contributed by atoms with Gasteiger partial charge in [0, 0.05) is 12.8 Å². The van der Waals surface area contributed by atoms with Crippen molar-refractivity contribution in [3.63, 3.8) is 0 Å². The number of aromatic hydroxyl groups is 2. The maximum Gasteiger partial charge on any atom is 0.280 e. The molecule has 0 unspecified atom stereocenters. The minimum absolute atomic E-state index is 0.102. The second-order valence-corrected chi connectivity index (χ2v) is 3.44. The largest absolute Gasteiger partial charge is 0.501 e. The predicted octanol–water partition coefficient (Wildman–Crippen LogP) is -1.64. The Morgan fingerprint density at radius 1 is 0.647 bits per heavy atom. The molecule has 1 fully saturated rings. The summed E-state index contributed by atoms with van der Waals surface area (Å²) in [6.07, 6.45) is 1.16. The van der Waals surface area contributed by atoms with E-state index in [4.69, 9.17) is 10.2 Å². The topological polar surface area (TPSA) is 126 Å². The highest BCUT2D eigenvalue weighted by Gasteiger charge is 2.17. The number of hydrogen-bond donors (Lipinski definition) is 2. The summed E-state index contributed by atoms with van der Waals surface area (Å²) in [5.74, 6) is -2.11. The van der Waals surface area contributed by atoms with E-state index < -0.39 is 27.8 Å². The number of hydrogen-bond acceptors (Lipinski definition) is 7. The molecule has 0 radical (unpaired) electrons. The molecule has 0 amide bonds. The van der Waals surface area contributed by atoms with Crippen LogP contribution in [0.15, 0.2) is 14.4 Å². The van der Waals surface area contributed by atoms with Gasteiger partial charge in [-0.3, -0.25) is 24.0 Å². The van der Waals surface area contributed by atoms with Crippen molar-refractivity contribution in [2.75, 3.05) is 0 Å². The Morgan fingerprint density at radius 3 is 1.12 bits per heavy atom. The lowest BCUT2D eigenvalue weighted by Crippen LogP contribution is -2.29. The zero-order valence-electron chi connectivity index (χ0n) is 8.56. The van der Waals surface area contributed by atoms with Gasteiger partial charge in [0.1, 0.15) is 11.6 Å². The second-order valence-electron chi connectivity index (χ2n) is 3.44. The number of Topliss-reactive ketones (excluding diaryl/α,β-unsaturated/α-hetero) is 2. The van der Waals surface area contributed by atoms with Crippen LogP contribution in [0.1, 0.15) is 19.3 Å². The van der Waals surface area contributed by atoms with Crippen molar-refractivity contribution in [3.05, 3.63) is 30.7 Å². The minimum atomic E-state index is -1.39. The summed E-state index contributed by atoms with van der Waals surface area (Å²) in [7, 11) is 0. The fraction of sp³-hybridized carbons (Fsp3) is 0.300. The van der Waals surface area contributed by atoms with Crippen LogP contribution in [0.2, 0.25) is 0 Å². The summed E-state index contributed by atoms with van der Waals surface area (Å²) in [6, 6.07) is 0. The Morgan fingerprint density at radius 2 is 1.00 bits per heavy atom. The summed E-state index contributed by atoms with van der Waals surface area (Å²) >= 11 is 0. The van der Waals surface area contributed by atoms with E-state index >= 15 is 0 Å². The lowest BCUT2D eigenvalue weighted by atomic mass is 10.3. The highest BCUT2D eigenvalue weighted by molar-refractivity contribution is 6.05. The third kappa shape index (κ3) is 2.63. The molecule has 1 aliphatic carbocycles. The van der Waals surface area contributed by atoms with Gasteiger partial charge in [-0.25, -0.2) is 0 Å². The van der Waals surface area contributed by atoms with Crippen LogP contribution in [0.4, 0.5) is 0 Å². The van der Waals surface area contributed by atoms with Crippen molar-refractivity contribution in [2.45, 2.75) is 19.3 Å². The lowest BCUT2D eigenvalue weighted by Gasteiger charge is -1.77. The molecule has 7 nitrogen and oxygen atoms in total. The molecule has 1 aliphatic rings. The molecule has 2 N–H and O–H groups in total. The SMILES string of the molecule is O=C1CCC(=O)C1.O=c1c(O)c(O)c(=O)c1=O. The predicted molar refractivity (Wildman–Crippen MR) is 54.8 cm³/mol. The molecule has 0 bridgehead atoms. The fourth-order valence-electron chi connectivity index (χ4n) is 1.21. The molecule has 1 saturated carbocycles. The van der Waals surface area contributed by atoms with Gasteiger partial charge in [0.25, 0.3) is 16.3 Å². The van der Waals surface area contributed by atoms with E-state index in [1.54, 1.807) is 0 Å². The van der Waals surface area contributed by atoms with Gasteiger partial charge in [0.2, 0.25) is 11.5 Å². The van der Waals surface area contributed by atoms with Crippen LogP contribution in [-0.2, 0) is 9.59 Å². The molecule has 0 aliphatic heterocycles. The van der Waals surface area contributed by atoms with E-state index in [2.05, 4.69) is 0 Å². The number of ketones is 2. The molecule has 1 aromatic carbocycles. The molecule has 17 heavy (non-hydrogen) atoms.